The molecule has 0 aliphatic carbocycles. The number of rotatable bonds is 7. The second-order valence-corrected chi connectivity index (χ2v) is 8.61. The standard InChI is InChI=1S/C23H22ClNO4S/c1-15(2)12-21(26)25(14-17-10-6-7-11-18(17)24)19-13-20(16-8-4-3-5-9-16)30-22(19)29-23(27)28/h3-11,13,15H,12,14H2,1-2H3,(H,27,28). The average Bonchev–Trinajstić information content (AvgIpc) is 3.10. The number of anilines is 1. The molecule has 3 aromatic rings. The van der Waals surface area contributed by atoms with Gasteiger partial charge in [0, 0.05) is 16.3 Å². The minimum atomic E-state index is -1.42. The number of ether oxygens (including phenoxy) is 1. The molecule has 0 fully saturated rings. The molecular weight excluding hydrogens is 422 g/mol. The molecule has 1 N–H and O–H groups in total. The van der Waals surface area contributed by atoms with E-state index in [0.717, 1.165) is 16.0 Å². The number of nitrogens with zero attached hydrogens (tertiary/aromatic N) is 1. The van der Waals surface area contributed by atoms with Gasteiger partial charge in [0.1, 0.15) is 0 Å². The zero-order chi connectivity index (χ0) is 21.7. The Morgan fingerprint density at radius 3 is 2.40 bits per heavy atom. The van der Waals surface area contributed by atoms with Crippen molar-refractivity contribution in [2.24, 2.45) is 5.92 Å². The van der Waals surface area contributed by atoms with E-state index in [0.29, 0.717) is 17.1 Å². The third-order valence-corrected chi connectivity index (χ3v) is 5.80. The highest BCUT2D eigenvalue weighted by Crippen LogP contribution is 2.44. The largest absolute Gasteiger partial charge is 0.512 e. The Labute approximate surface area is 184 Å². The molecule has 0 bridgehead atoms. The van der Waals surface area contributed by atoms with Crippen molar-refractivity contribution in [3.8, 4) is 15.5 Å². The smallest absolute Gasteiger partial charge is 0.449 e. The fourth-order valence-electron chi connectivity index (χ4n) is 3.01. The molecule has 1 heterocycles. The zero-order valence-electron chi connectivity index (χ0n) is 16.7. The number of halogens is 1. The van der Waals surface area contributed by atoms with Gasteiger partial charge in [-0.05, 0) is 29.2 Å². The molecule has 0 saturated carbocycles. The minimum Gasteiger partial charge on any atom is -0.449 e. The van der Waals surface area contributed by atoms with Crippen LogP contribution in [-0.2, 0) is 11.3 Å². The van der Waals surface area contributed by atoms with Gasteiger partial charge in [-0.2, -0.15) is 0 Å². The first-order valence-corrected chi connectivity index (χ1v) is 10.7. The van der Waals surface area contributed by atoms with Crippen LogP contribution < -0.4 is 9.64 Å². The topological polar surface area (TPSA) is 66.8 Å². The molecule has 5 nitrogen and oxygen atoms in total. The molecule has 0 atom stereocenters. The maximum absolute atomic E-state index is 13.1. The summed E-state index contributed by atoms with van der Waals surface area (Å²) in [5.41, 5.74) is 2.11. The summed E-state index contributed by atoms with van der Waals surface area (Å²) < 4.78 is 5.06. The highest BCUT2D eigenvalue weighted by molar-refractivity contribution is 7.18. The molecule has 0 radical (unpaired) electrons. The monoisotopic (exact) mass is 443 g/mol. The maximum Gasteiger partial charge on any atom is 0.512 e. The van der Waals surface area contributed by atoms with Crippen LogP contribution in [0.1, 0.15) is 25.8 Å². The van der Waals surface area contributed by atoms with Gasteiger partial charge in [-0.15, -0.1) is 0 Å². The molecule has 0 unspecified atom stereocenters. The third kappa shape index (κ3) is 5.40. The molecule has 1 amide bonds. The fraction of sp³-hybridized carbons (Fsp3) is 0.217. The molecule has 0 saturated heterocycles. The van der Waals surface area contributed by atoms with E-state index in [-0.39, 0.29) is 23.4 Å². The van der Waals surface area contributed by atoms with Gasteiger partial charge in [-0.1, -0.05) is 85.3 Å². The quantitative estimate of drug-likeness (QED) is 0.412. The molecule has 0 aliphatic heterocycles. The van der Waals surface area contributed by atoms with Gasteiger partial charge in [-0.25, -0.2) is 4.79 Å². The van der Waals surface area contributed by atoms with Crippen molar-refractivity contribution < 1.29 is 19.4 Å². The predicted molar refractivity (Wildman–Crippen MR) is 121 cm³/mol. The van der Waals surface area contributed by atoms with Gasteiger partial charge in [-0.3, -0.25) is 4.79 Å². The summed E-state index contributed by atoms with van der Waals surface area (Å²) in [6, 6.07) is 18.6. The SMILES string of the molecule is CC(C)CC(=O)N(Cc1ccccc1Cl)c1cc(-c2ccccc2)sc1OC(=O)O. The van der Waals surface area contributed by atoms with Crippen molar-refractivity contribution in [3.63, 3.8) is 0 Å². The third-order valence-electron chi connectivity index (χ3n) is 4.38. The van der Waals surface area contributed by atoms with Crippen molar-refractivity contribution in [3.05, 3.63) is 71.2 Å². The van der Waals surface area contributed by atoms with Crippen LogP contribution >= 0.6 is 22.9 Å². The van der Waals surface area contributed by atoms with Crippen molar-refractivity contribution in [2.45, 2.75) is 26.8 Å². The molecule has 30 heavy (non-hydrogen) atoms. The second kappa shape index (κ2) is 9.78. The highest BCUT2D eigenvalue weighted by atomic mass is 35.5. The van der Waals surface area contributed by atoms with Crippen molar-refractivity contribution >= 4 is 40.7 Å². The molecule has 2 aromatic carbocycles. The fourth-order valence-corrected chi connectivity index (χ4v) is 4.22. The van der Waals surface area contributed by atoms with E-state index >= 15 is 0 Å². The summed E-state index contributed by atoms with van der Waals surface area (Å²) in [6.07, 6.45) is -1.11. The normalized spacial score (nSPS) is 10.8. The Hall–Kier alpha value is -2.83. The van der Waals surface area contributed by atoms with Gasteiger partial charge in [0.2, 0.25) is 11.0 Å². The van der Waals surface area contributed by atoms with E-state index < -0.39 is 6.16 Å². The van der Waals surface area contributed by atoms with E-state index in [4.69, 9.17) is 16.3 Å². The van der Waals surface area contributed by atoms with Crippen molar-refractivity contribution in [1.82, 2.24) is 0 Å². The van der Waals surface area contributed by atoms with Gasteiger partial charge in [0.15, 0.2) is 0 Å². The van der Waals surface area contributed by atoms with Crippen molar-refractivity contribution in [1.29, 1.82) is 0 Å². The van der Waals surface area contributed by atoms with Gasteiger partial charge >= 0.3 is 6.16 Å². The van der Waals surface area contributed by atoms with E-state index in [1.54, 1.807) is 17.0 Å². The van der Waals surface area contributed by atoms with Crippen LogP contribution in [0, 0.1) is 5.92 Å². The van der Waals surface area contributed by atoms with Gasteiger partial charge in [0.05, 0.1) is 12.2 Å². The molecule has 3 rings (SSSR count). The molecule has 1 aromatic heterocycles. The Kier molecular flexibility index (Phi) is 7.13. The van der Waals surface area contributed by atoms with Crippen LogP contribution in [0.5, 0.6) is 5.06 Å². The van der Waals surface area contributed by atoms with Crippen LogP contribution in [0.15, 0.2) is 60.7 Å². The lowest BCUT2D eigenvalue weighted by atomic mass is 10.1. The summed E-state index contributed by atoms with van der Waals surface area (Å²) in [6.45, 7) is 4.14. The number of benzene rings is 2. The lowest BCUT2D eigenvalue weighted by molar-refractivity contribution is -0.119. The first kappa shape index (κ1) is 21.9. The molecule has 156 valence electrons. The van der Waals surface area contributed by atoms with E-state index in [1.807, 2.05) is 62.4 Å². The summed E-state index contributed by atoms with van der Waals surface area (Å²) in [7, 11) is 0. The highest BCUT2D eigenvalue weighted by Gasteiger charge is 2.26. The first-order valence-electron chi connectivity index (χ1n) is 9.49. The Morgan fingerprint density at radius 1 is 1.10 bits per heavy atom. The summed E-state index contributed by atoms with van der Waals surface area (Å²) in [5, 5.41) is 9.93. The molecule has 7 heteroatoms. The zero-order valence-corrected chi connectivity index (χ0v) is 18.2. The lowest BCUT2D eigenvalue weighted by Gasteiger charge is -2.24. The van der Waals surface area contributed by atoms with E-state index in [9.17, 15) is 14.7 Å². The number of carboxylic acid groups (broad SMARTS) is 1. The van der Waals surface area contributed by atoms with Crippen LogP contribution in [-0.4, -0.2) is 17.2 Å². The van der Waals surface area contributed by atoms with Crippen LogP contribution in [0.4, 0.5) is 10.5 Å². The molecular formula is C23H22ClNO4S. The lowest BCUT2D eigenvalue weighted by Crippen LogP contribution is -2.31. The molecule has 0 aliphatic rings. The Balaban J connectivity index is 2.08. The number of hydrogen-bond acceptors (Lipinski definition) is 4. The average molecular weight is 444 g/mol. The van der Waals surface area contributed by atoms with Crippen LogP contribution in [0.25, 0.3) is 10.4 Å². The Bertz CT molecular complexity index is 1030. The van der Waals surface area contributed by atoms with Crippen molar-refractivity contribution in [2.75, 3.05) is 4.90 Å². The summed E-state index contributed by atoms with van der Waals surface area (Å²) in [4.78, 5) is 26.8. The van der Waals surface area contributed by atoms with Gasteiger partial charge in [0.25, 0.3) is 0 Å². The van der Waals surface area contributed by atoms with Crippen LogP contribution in [0.2, 0.25) is 5.02 Å². The maximum atomic E-state index is 13.1. The number of carbonyl (C=O) groups excluding carboxylic acids is 1. The summed E-state index contributed by atoms with van der Waals surface area (Å²) in [5.74, 6) is 0.0138. The summed E-state index contributed by atoms with van der Waals surface area (Å²) >= 11 is 7.52. The van der Waals surface area contributed by atoms with E-state index in [2.05, 4.69) is 0 Å². The number of amides is 1. The van der Waals surface area contributed by atoms with Crippen LogP contribution in [0.3, 0.4) is 0 Å². The van der Waals surface area contributed by atoms with E-state index in [1.165, 1.54) is 11.3 Å². The molecule has 0 spiro atoms. The first-order chi connectivity index (χ1) is 14.3. The number of carbonyl (C=O) groups is 2. The Morgan fingerprint density at radius 2 is 1.77 bits per heavy atom. The predicted octanol–water partition coefficient (Wildman–Crippen LogP) is 6.70. The minimum absolute atomic E-state index is 0.127. The number of hydrogen-bond donors (Lipinski definition) is 1. The number of thiophene rings is 1. The second-order valence-electron chi connectivity index (χ2n) is 7.19. The van der Waals surface area contributed by atoms with Gasteiger partial charge < -0.3 is 14.7 Å².